The smallest absolute Gasteiger partial charge is 0.103 e. The molecule has 2 nitrogen and oxygen atoms in total. The summed E-state index contributed by atoms with van der Waals surface area (Å²) in [6, 6.07) is 0. The lowest BCUT2D eigenvalue weighted by Gasteiger charge is -2.36. The first-order valence-corrected chi connectivity index (χ1v) is 13.4. The van der Waals surface area contributed by atoms with E-state index in [2.05, 4.69) is 49.9 Å². The molecular formula is C27H54N2. The van der Waals surface area contributed by atoms with Crippen molar-refractivity contribution in [2.75, 3.05) is 13.1 Å². The van der Waals surface area contributed by atoms with Gasteiger partial charge < -0.3 is 9.80 Å². The Labute approximate surface area is 184 Å². The lowest BCUT2D eigenvalue weighted by Crippen LogP contribution is -2.43. The molecule has 29 heavy (non-hydrogen) atoms. The molecule has 0 aliphatic carbocycles. The minimum Gasteiger partial charge on any atom is -0.356 e. The first-order valence-electron chi connectivity index (χ1n) is 13.4. The van der Waals surface area contributed by atoms with E-state index in [4.69, 9.17) is 0 Å². The van der Waals surface area contributed by atoms with Gasteiger partial charge in [-0.25, -0.2) is 0 Å². The Morgan fingerprint density at radius 3 is 1.17 bits per heavy atom. The van der Waals surface area contributed by atoms with Crippen molar-refractivity contribution in [1.82, 2.24) is 9.80 Å². The van der Waals surface area contributed by atoms with E-state index in [1.54, 1.807) is 0 Å². The fraction of sp³-hybridized carbons (Fsp3) is 0.926. The normalized spacial score (nSPS) is 16.5. The zero-order valence-electron chi connectivity index (χ0n) is 20.6. The van der Waals surface area contributed by atoms with Crippen LogP contribution in [0.25, 0.3) is 0 Å². The van der Waals surface area contributed by atoms with Gasteiger partial charge in [0.1, 0.15) is 6.17 Å². The van der Waals surface area contributed by atoms with Crippen LogP contribution in [0.5, 0.6) is 0 Å². The highest BCUT2D eigenvalue weighted by atomic mass is 15.4. The molecule has 0 fully saturated rings. The minimum atomic E-state index is 0.592. The van der Waals surface area contributed by atoms with Gasteiger partial charge >= 0.3 is 0 Å². The number of hydrogen-bond donors (Lipinski definition) is 0. The van der Waals surface area contributed by atoms with Crippen LogP contribution < -0.4 is 0 Å². The topological polar surface area (TPSA) is 6.48 Å². The summed E-state index contributed by atoms with van der Waals surface area (Å²) in [4.78, 5) is 5.21. The van der Waals surface area contributed by atoms with E-state index in [1.807, 2.05) is 0 Å². The lowest BCUT2D eigenvalue weighted by atomic mass is 10.0. The van der Waals surface area contributed by atoms with Crippen LogP contribution in [0.3, 0.4) is 0 Å². The zero-order chi connectivity index (χ0) is 21.2. The van der Waals surface area contributed by atoms with Crippen molar-refractivity contribution in [3.05, 3.63) is 12.4 Å². The van der Waals surface area contributed by atoms with Gasteiger partial charge in [-0.2, -0.15) is 0 Å². The maximum absolute atomic E-state index is 2.61. The molecule has 0 saturated carbocycles. The molecule has 0 N–H and O–H groups in total. The summed E-state index contributed by atoms with van der Waals surface area (Å²) in [7, 11) is 0. The molecule has 0 amide bonds. The molecule has 1 atom stereocenters. The Hall–Kier alpha value is -0.660. The van der Waals surface area contributed by atoms with Crippen LogP contribution in [0.1, 0.15) is 137 Å². The van der Waals surface area contributed by atoms with Crippen molar-refractivity contribution in [2.24, 2.45) is 5.92 Å². The molecule has 1 aliphatic heterocycles. The summed E-state index contributed by atoms with van der Waals surface area (Å²) in [5, 5.41) is 0. The van der Waals surface area contributed by atoms with Crippen LogP contribution in [-0.4, -0.2) is 29.1 Å². The monoisotopic (exact) mass is 406 g/mol. The predicted molar refractivity (Wildman–Crippen MR) is 131 cm³/mol. The van der Waals surface area contributed by atoms with E-state index in [1.165, 1.54) is 122 Å². The first-order chi connectivity index (χ1) is 14.2. The molecule has 0 saturated heterocycles. The van der Waals surface area contributed by atoms with E-state index < -0.39 is 0 Å². The maximum atomic E-state index is 2.61. The second-order valence-corrected chi connectivity index (χ2v) is 9.73. The average molecular weight is 407 g/mol. The highest BCUT2D eigenvalue weighted by Crippen LogP contribution is 2.24. The fourth-order valence-corrected chi connectivity index (χ4v) is 4.75. The third-order valence-corrected chi connectivity index (χ3v) is 6.52. The van der Waals surface area contributed by atoms with Gasteiger partial charge in [0.15, 0.2) is 0 Å². The Bertz CT molecular complexity index is 377. The first kappa shape index (κ1) is 26.4. The third kappa shape index (κ3) is 12.6. The van der Waals surface area contributed by atoms with Crippen molar-refractivity contribution in [3.63, 3.8) is 0 Å². The van der Waals surface area contributed by atoms with Gasteiger partial charge in [0, 0.05) is 25.5 Å². The molecule has 1 aliphatic rings. The van der Waals surface area contributed by atoms with Crippen LogP contribution in [0.4, 0.5) is 0 Å². The minimum absolute atomic E-state index is 0.592. The van der Waals surface area contributed by atoms with E-state index in [-0.39, 0.29) is 0 Å². The quantitative estimate of drug-likeness (QED) is 0.186. The summed E-state index contributed by atoms with van der Waals surface area (Å²) in [5.41, 5.74) is 0. The van der Waals surface area contributed by atoms with Gasteiger partial charge in [0.05, 0.1) is 0 Å². The molecule has 1 heterocycles. The highest BCUT2D eigenvalue weighted by Gasteiger charge is 2.28. The predicted octanol–water partition coefficient (Wildman–Crippen LogP) is 8.73. The van der Waals surface area contributed by atoms with E-state index in [0.29, 0.717) is 12.1 Å². The van der Waals surface area contributed by atoms with Crippen LogP contribution in [0, 0.1) is 5.92 Å². The average Bonchev–Trinajstić information content (AvgIpc) is 3.12. The van der Waals surface area contributed by atoms with Gasteiger partial charge in [-0.3, -0.25) is 0 Å². The van der Waals surface area contributed by atoms with Gasteiger partial charge in [-0.05, 0) is 18.8 Å². The lowest BCUT2D eigenvalue weighted by molar-refractivity contribution is 0.104. The van der Waals surface area contributed by atoms with E-state index in [9.17, 15) is 0 Å². The second kappa shape index (κ2) is 18.1. The largest absolute Gasteiger partial charge is 0.356 e. The Kier molecular flexibility index (Phi) is 16.5. The Morgan fingerprint density at radius 1 is 0.517 bits per heavy atom. The van der Waals surface area contributed by atoms with Crippen LogP contribution in [0.2, 0.25) is 0 Å². The van der Waals surface area contributed by atoms with E-state index in [0.717, 1.165) is 0 Å². The summed E-state index contributed by atoms with van der Waals surface area (Å²) in [6.45, 7) is 11.8. The van der Waals surface area contributed by atoms with Crippen LogP contribution in [-0.2, 0) is 0 Å². The molecule has 172 valence electrons. The number of rotatable bonds is 20. The SMILES string of the molecule is CCCCCCCCCCCCCCCN1C=CN(CCCCCC)C1C(C)C. The Morgan fingerprint density at radius 2 is 0.828 bits per heavy atom. The van der Waals surface area contributed by atoms with Crippen LogP contribution in [0.15, 0.2) is 12.4 Å². The molecule has 0 aromatic heterocycles. The summed E-state index contributed by atoms with van der Waals surface area (Å²) < 4.78 is 0. The maximum Gasteiger partial charge on any atom is 0.103 e. The third-order valence-electron chi connectivity index (χ3n) is 6.52. The molecule has 0 radical (unpaired) electrons. The molecule has 0 aromatic rings. The van der Waals surface area contributed by atoms with Crippen molar-refractivity contribution in [1.29, 1.82) is 0 Å². The molecule has 0 aromatic carbocycles. The number of unbranched alkanes of at least 4 members (excludes halogenated alkanes) is 15. The summed E-state index contributed by atoms with van der Waals surface area (Å²) in [5.74, 6) is 0.693. The summed E-state index contributed by atoms with van der Waals surface area (Å²) in [6.07, 6.45) is 29.4. The van der Waals surface area contributed by atoms with Crippen LogP contribution >= 0.6 is 0 Å². The van der Waals surface area contributed by atoms with Crippen molar-refractivity contribution >= 4 is 0 Å². The molecule has 0 bridgehead atoms. The Balaban J connectivity index is 2.01. The van der Waals surface area contributed by atoms with Gasteiger partial charge in [-0.15, -0.1) is 0 Å². The summed E-state index contributed by atoms with van der Waals surface area (Å²) >= 11 is 0. The van der Waals surface area contributed by atoms with Crippen molar-refractivity contribution < 1.29 is 0 Å². The molecule has 1 unspecified atom stereocenters. The molecular weight excluding hydrogens is 352 g/mol. The highest BCUT2D eigenvalue weighted by molar-refractivity contribution is 4.98. The zero-order valence-corrected chi connectivity index (χ0v) is 20.6. The standard InChI is InChI=1S/C27H54N2/c1-5-7-9-11-12-13-14-15-16-17-18-19-21-23-29-25-24-28(27(29)26(3)4)22-20-10-8-6-2/h24-27H,5-23H2,1-4H3. The fourth-order valence-electron chi connectivity index (χ4n) is 4.75. The number of hydrogen-bond acceptors (Lipinski definition) is 2. The molecule has 0 spiro atoms. The molecule has 2 heteroatoms. The van der Waals surface area contributed by atoms with Gasteiger partial charge in [0.2, 0.25) is 0 Å². The van der Waals surface area contributed by atoms with Crippen molar-refractivity contribution in [3.8, 4) is 0 Å². The van der Waals surface area contributed by atoms with Gasteiger partial charge in [-0.1, -0.05) is 124 Å². The van der Waals surface area contributed by atoms with Gasteiger partial charge in [0.25, 0.3) is 0 Å². The van der Waals surface area contributed by atoms with E-state index >= 15 is 0 Å². The molecule has 1 rings (SSSR count). The van der Waals surface area contributed by atoms with Crippen molar-refractivity contribution in [2.45, 2.75) is 143 Å². The number of nitrogens with zero attached hydrogens (tertiary/aromatic N) is 2. The second-order valence-electron chi connectivity index (χ2n) is 9.73.